The molecule has 1 aliphatic rings. The van der Waals surface area contributed by atoms with Gasteiger partial charge in [-0.25, -0.2) is 9.97 Å². The van der Waals surface area contributed by atoms with Crippen LogP contribution in [0.4, 0.5) is 5.82 Å². The summed E-state index contributed by atoms with van der Waals surface area (Å²) >= 11 is 0. The largest absolute Gasteiger partial charge is 0.378 e. The lowest BCUT2D eigenvalue weighted by molar-refractivity contribution is 0.181. The standard InChI is InChI=1S/C16H27N3O/c1-11-7-8-19(12(11)2)14-9-13(10-20-6)17-15(18-14)16(3,4)5/h9,11-12H,7-8,10H2,1-6H3. The van der Waals surface area contributed by atoms with Crippen molar-refractivity contribution in [2.45, 2.75) is 59.1 Å². The molecule has 4 nitrogen and oxygen atoms in total. The van der Waals surface area contributed by atoms with Crippen LogP contribution in [-0.2, 0) is 16.8 Å². The zero-order chi connectivity index (χ0) is 14.9. The Balaban J connectivity index is 2.39. The van der Waals surface area contributed by atoms with Gasteiger partial charge >= 0.3 is 0 Å². The second-order valence-electron chi connectivity index (χ2n) is 6.92. The lowest BCUT2D eigenvalue weighted by atomic mass is 9.95. The minimum absolute atomic E-state index is 0.0485. The van der Waals surface area contributed by atoms with Gasteiger partial charge in [-0.15, -0.1) is 0 Å². The van der Waals surface area contributed by atoms with Crippen molar-refractivity contribution in [2.24, 2.45) is 5.92 Å². The first-order valence-corrected chi connectivity index (χ1v) is 7.47. The normalized spacial score (nSPS) is 23.4. The number of ether oxygens (including phenoxy) is 1. The van der Waals surface area contributed by atoms with Gasteiger partial charge in [-0.3, -0.25) is 0 Å². The molecule has 1 fully saturated rings. The van der Waals surface area contributed by atoms with E-state index in [0.29, 0.717) is 18.6 Å². The van der Waals surface area contributed by atoms with Gasteiger partial charge in [0.05, 0.1) is 12.3 Å². The van der Waals surface area contributed by atoms with Crippen molar-refractivity contribution in [3.63, 3.8) is 0 Å². The van der Waals surface area contributed by atoms with Gasteiger partial charge in [0.2, 0.25) is 0 Å². The average molecular weight is 277 g/mol. The lowest BCUT2D eigenvalue weighted by Gasteiger charge is -2.27. The summed E-state index contributed by atoms with van der Waals surface area (Å²) in [4.78, 5) is 11.9. The summed E-state index contributed by atoms with van der Waals surface area (Å²) in [7, 11) is 1.71. The third kappa shape index (κ3) is 3.11. The van der Waals surface area contributed by atoms with E-state index in [4.69, 9.17) is 9.72 Å². The number of methoxy groups -OCH3 is 1. The van der Waals surface area contributed by atoms with Crippen LogP contribution in [-0.4, -0.2) is 29.7 Å². The van der Waals surface area contributed by atoms with Crippen LogP contribution in [0.3, 0.4) is 0 Å². The molecule has 1 aliphatic heterocycles. The molecular weight excluding hydrogens is 250 g/mol. The molecule has 2 heterocycles. The summed E-state index contributed by atoms with van der Waals surface area (Å²) in [6.07, 6.45) is 1.23. The Kier molecular flexibility index (Phi) is 4.33. The molecule has 1 saturated heterocycles. The predicted octanol–water partition coefficient (Wildman–Crippen LogP) is 3.16. The van der Waals surface area contributed by atoms with E-state index in [9.17, 15) is 0 Å². The van der Waals surface area contributed by atoms with E-state index in [1.807, 2.05) is 0 Å². The number of hydrogen-bond donors (Lipinski definition) is 0. The van der Waals surface area contributed by atoms with Gasteiger partial charge in [0, 0.05) is 31.2 Å². The molecule has 1 aromatic rings. The van der Waals surface area contributed by atoms with Crippen molar-refractivity contribution >= 4 is 5.82 Å². The van der Waals surface area contributed by atoms with Crippen LogP contribution in [0.15, 0.2) is 6.07 Å². The predicted molar refractivity (Wildman–Crippen MR) is 82.0 cm³/mol. The maximum Gasteiger partial charge on any atom is 0.136 e. The molecule has 0 saturated carbocycles. The highest BCUT2D eigenvalue weighted by Gasteiger charge is 2.29. The highest BCUT2D eigenvalue weighted by molar-refractivity contribution is 5.43. The van der Waals surface area contributed by atoms with Crippen LogP contribution in [0.25, 0.3) is 0 Å². The Labute approximate surface area is 122 Å². The summed E-state index contributed by atoms with van der Waals surface area (Å²) in [6, 6.07) is 2.61. The zero-order valence-electron chi connectivity index (χ0n) is 13.6. The molecule has 0 aromatic carbocycles. The Hall–Kier alpha value is -1.16. The highest BCUT2D eigenvalue weighted by Crippen LogP contribution is 2.30. The van der Waals surface area contributed by atoms with Gasteiger partial charge in [0.15, 0.2) is 0 Å². The molecule has 0 aliphatic carbocycles. The van der Waals surface area contributed by atoms with Gasteiger partial charge in [0.1, 0.15) is 11.6 Å². The second kappa shape index (κ2) is 5.68. The minimum Gasteiger partial charge on any atom is -0.378 e. The maximum absolute atomic E-state index is 5.25. The van der Waals surface area contributed by atoms with Gasteiger partial charge in [-0.2, -0.15) is 0 Å². The summed E-state index contributed by atoms with van der Waals surface area (Å²) in [5, 5.41) is 0. The molecule has 0 radical (unpaired) electrons. The van der Waals surface area contributed by atoms with E-state index < -0.39 is 0 Å². The quantitative estimate of drug-likeness (QED) is 0.850. The molecule has 2 atom stereocenters. The van der Waals surface area contributed by atoms with Crippen molar-refractivity contribution in [3.05, 3.63) is 17.6 Å². The number of hydrogen-bond acceptors (Lipinski definition) is 4. The Morgan fingerprint density at radius 3 is 2.50 bits per heavy atom. The minimum atomic E-state index is -0.0485. The highest BCUT2D eigenvalue weighted by atomic mass is 16.5. The van der Waals surface area contributed by atoms with Crippen LogP contribution >= 0.6 is 0 Å². The number of aromatic nitrogens is 2. The molecule has 0 N–H and O–H groups in total. The van der Waals surface area contributed by atoms with E-state index >= 15 is 0 Å². The van der Waals surface area contributed by atoms with Crippen LogP contribution in [0.5, 0.6) is 0 Å². The van der Waals surface area contributed by atoms with Crippen molar-refractivity contribution in [2.75, 3.05) is 18.6 Å². The van der Waals surface area contributed by atoms with Crippen molar-refractivity contribution in [3.8, 4) is 0 Å². The van der Waals surface area contributed by atoms with E-state index in [1.54, 1.807) is 7.11 Å². The Morgan fingerprint density at radius 2 is 2.00 bits per heavy atom. The third-order valence-electron chi connectivity index (χ3n) is 4.16. The maximum atomic E-state index is 5.25. The van der Waals surface area contributed by atoms with Gasteiger partial charge < -0.3 is 9.64 Å². The first-order chi connectivity index (χ1) is 9.32. The first-order valence-electron chi connectivity index (χ1n) is 7.47. The van der Waals surface area contributed by atoms with Gasteiger partial charge in [-0.1, -0.05) is 27.7 Å². The Bertz CT molecular complexity index is 467. The molecule has 0 amide bonds. The number of anilines is 1. The second-order valence-corrected chi connectivity index (χ2v) is 6.92. The molecule has 0 spiro atoms. The van der Waals surface area contributed by atoms with Crippen LogP contribution < -0.4 is 4.90 Å². The average Bonchev–Trinajstić information content (AvgIpc) is 2.69. The molecule has 112 valence electrons. The van der Waals surface area contributed by atoms with Crippen molar-refractivity contribution in [1.82, 2.24) is 9.97 Å². The fraction of sp³-hybridized carbons (Fsp3) is 0.750. The van der Waals surface area contributed by atoms with Crippen molar-refractivity contribution in [1.29, 1.82) is 0 Å². The summed E-state index contributed by atoms with van der Waals surface area (Å²) in [6.45, 7) is 12.7. The fourth-order valence-corrected chi connectivity index (χ4v) is 2.61. The van der Waals surface area contributed by atoms with E-state index in [-0.39, 0.29) is 5.41 Å². The molecule has 1 aromatic heterocycles. The summed E-state index contributed by atoms with van der Waals surface area (Å²) < 4.78 is 5.25. The van der Waals surface area contributed by atoms with E-state index in [2.05, 4.69) is 50.6 Å². The Morgan fingerprint density at radius 1 is 1.30 bits per heavy atom. The van der Waals surface area contributed by atoms with E-state index in [1.165, 1.54) is 6.42 Å². The lowest BCUT2D eigenvalue weighted by Crippen LogP contribution is -2.31. The number of nitrogens with zero attached hydrogens (tertiary/aromatic N) is 3. The summed E-state index contributed by atoms with van der Waals surface area (Å²) in [5.41, 5.74) is 0.918. The smallest absolute Gasteiger partial charge is 0.136 e. The molecule has 20 heavy (non-hydrogen) atoms. The fourth-order valence-electron chi connectivity index (χ4n) is 2.61. The van der Waals surface area contributed by atoms with E-state index in [0.717, 1.165) is 23.9 Å². The summed E-state index contributed by atoms with van der Waals surface area (Å²) in [5.74, 6) is 2.66. The molecule has 2 unspecified atom stereocenters. The van der Waals surface area contributed by atoms with Crippen LogP contribution in [0.1, 0.15) is 52.6 Å². The molecule has 4 heteroatoms. The number of rotatable bonds is 3. The SMILES string of the molecule is COCc1cc(N2CCC(C)C2C)nc(C(C)(C)C)n1. The molecular formula is C16H27N3O. The van der Waals surface area contributed by atoms with Crippen molar-refractivity contribution < 1.29 is 4.74 Å². The monoisotopic (exact) mass is 277 g/mol. The molecule has 0 bridgehead atoms. The third-order valence-corrected chi connectivity index (χ3v) is 4.16. The molecule has 2 rings (SSSR count). The topological polar surface area (TPSA) is 38.2 Å². The van der Waals surface area contributed by atoms with Gasteiger partial charge in [0.25, 0.3) is 0 Å². The zero-order valence-corrected chi connectivity index (χ0v) is 13.6. The van der Waals surface area contributed by atoms with Crippen LogP contribution in [0, 0.1) is 5.92 Å². The first kappa shape index (κ1) is 15.2. The van der Waals surface area contributed by atoms with Gasteiger partial charge in [-0.05, 0) is 19.3 Å². The van der Waals surface area contributed by atoms with Crippen LogP contribution in [0.2, 0.25) is 0 Å².